The molecular formula is C22H26N2O5. The number of hydrogen-bond acceptors (Lipinski definition) is 5. The summed E-state index contributed by atoms with van der Waals surface area (Å²) in [5.74, 6) is -0.733. The molecule has 7 heteroatoms. The van der Waals surface area contributed by atoms with Gasteiger partial charge in [-0.05, 0) is 30.9 Å². The highest BCUT2D eigenvalue weighted by Gasteiger charge is 2.28. The summed E-state index contributed by atoms with van der Waals surface area (Å²) in [5, 5.41) is 6.33. The monoisotopic (exact) mass is 398 g/mol. The number of ketones is 1. The van der Waals surface area contributed by atoms with Gasteiger partial charge in [-0.2, -0.15) is 0 Å². The molecule has 0 spiro atoms. The lowest BCUT2D eigenvalue weighted by Gasteiger charge is -2.23. The molecular weight excluding hydrogens is 372 g/mol. The molecule has 0 fully saturated rings. The van der Waals surface area contributed by atoms with Crippen molar-refractivity contribution in [3.8, 4) is 0 Å². The van der Waals surface area contributed by atoms with Crippen molar-refractivity contribution < 1.29 is 23.5 Å². The lowest BCUT2D eigenvalue weighted by Crippen LogP contribution is -2.52. The fourth-order valence-electron chi connectivity index (χ4n) is 3.20. The number of hydrogen-bond donors (Lipinski definition) is 2. The molecule has 7 nitrogen and oxygen atoms in total. The van der Waals surface area contributed by atoms with Gasteiger partial charge >= 0.3 is 0 Å². The third-order valence-corrected chi connectivity index (χ3v) is 4.68. The molecule has 0 radical (unpaired) electrons. The standard InChI is InChI=1S/C22H26N2O5/c1-14(2)11-17(21(26)23-16-8-5-6-10-28-13-18(16)25)24-22(27)20-12-15-7-3-4-9-19(15)29-20/h3-7,9,12,14,16-17H,8,10-11,13H2,1-2H3,(H,23,26)(H,24,27)/t16-,17-/m0/s1. The van der Waals surface area contributed by atoms with Crippen LogP contribution in [-0.2, 0) is 14.3 Å². The number of para-hydroxylation sites is 1. The lowest BCUT2D eigenvalue weighted by atomic mass is 10.0. The number of amides is 2. The van der Waals surface area contributed by atoms with Gasteiger partial charge in [0.15, 0.2) is 11.5 Å². The third-order valence-electron chi connectivity index (χ3n) is 4.68. The number of benzene rings is 1. The maximum Gasteiger partial charge on any atom is 0.287 e. The van der Waals surface area contributed by atoms with Crippen LogP contribution in [0.3, 0.4) is 0 Å². The first-order valence-corrected chi connectivity index (χ1v) is 9.79. The zero-order valence-electron chi connectivity index (χ0n) is 16.6. The van der Waals surface area contributed by atoms with Crippen LogP contribution in [-0.4, -0.2) is 42.9 Å². The van der Waals surface area contributed by atoms with Crippen molar-refractivity contribution >= 4 is 28.6 Å². The van der Waals surface area contributed by atoms with Crippen molar-refractivity contribution in [2.75, 3.05) is 13.2 Å². The Morgan fingerprint density at radius 3 is 2.76 bits per heavy atom. The molecule has 3 rings (SSSR count). The van der Waals surface area contributed by atoms with Gasteiger partial charge in [-0.1, -0.05) is 44.2 Å². The van der Waals surface area contributed by atoms with Crippen molar-refractivity contribution in [3.63, 3.8) is 0 Å². The van der Waals surface area contributed by atoms with Crippen molar-refractivity contribution in [1.29, 1.82) is 0 Å². The minimum atomic E-state index is -0.779. The number of Topliss-reactive ketones (excluding diaryl/α,β-unsaturated/α-hetero) is 1. The number of carbonyl (C=O) groups excluding carboxylic acids is 3. The largest absolute Gasteiger partial charge is 0.451 e. The number of rotatable bonds is 6. The van der Waals surface area contributed by atoms with Gasteiger partial charge in [0.05, 0.1) is 12.6 Å². The van der Waals surface area contributed by atoms with E-state index < -0.39 is 23.9 Å². The van der Waals surface area contributed by atoms with Crippen molar-refractivity contribution in [1.82, 2.24) is 10.6 Å². The molecule has 0 bridgehead atoms. The smallest absolute Gasteiger partial charge is 0.287 e. The lowest BCUT2D eigenvalue weighted by molar-refractivity contribution is -0.131. The summed E-state index contributed by atoms with van der Waals surface area (Å²) in [6, 6.07) is 7.51. The second-order valence-electron chi connectivity index (χ2n) is 7.55. The molecule has 2 N–H and O–H groups in total. The minimum Gasteiger partial charge on any atom is -0.451 e. The number of nitrogens with one attached hydrogen (secondary N) is 2. The fourth-order valence-corrected chi connectivity index (χ4v) is 3.20. The molecule has 1 aliphatic heterocycles. The van der Waals surface area contributed by atoms with Crippen LogP contribution in [0.5, 0.6) is 0 Å². The van der Waals surface area contributed by atoms with Crippen LogP contribution >= 0.6 is 0 Å². The topological polar surface area (TPSA) is 97.6 Å². The Morgan fingerprint density at radius 1 is 1.21 bits per heavy atom. The van der Waals surface area contributed by atoms with E-state index in [4.69, 9.17) is 9.15 Å². The summed E-state index contributed by atoms with van der Waals surface area (Å²) >= 11 is 0. The molecule has 2 amide bonds. The van der Waals surface area contributed by atoms with Gasteiger partial charge in [-0.25, -0.2) is 0 Å². The van der Waals surface area contributed by atoms with Crippen LogP contribution < -0.4 is 10.6 Å². The molecule has 1 aromatic heterocycles. The molecule has 1 aromatic carbocycles. The molecule has 2 atom stereocenters. The van der Waals surface area contributed by atoms with E-state index >= 15 is 0 Å². The predicted octanol–water partition coefficient (Wildman–Crippen LogP) is 2.61. The van der Waals surface area contributed by atoms with Crippen molar-refractivity contribution in [3.05, 3.63) is 48.2 Å². The third kappa shape index (κ3) is 5.54. The SMILES string of the molecule is CC(C)C[C@H](NC(=O)c1cc2ccccc2o1)C(=O)N[C@H]1CC=CCOCC1=O. The van der Waals surface area contributed by atoms with Gasteiger partial charge in [0.25, 0.3) is 5.91 Å². The Balaban J connectivity index is 1.71. The molecule has 2 heterocycles. The quantitative estimate of drug-likeness (QED) is 0.729. The van der Waals surface area contributed by atoms with Crippen LogP contribution in [0.2, 0.25) is 0 Å². The summed E-state index contributed by atoms with van der Waals surface area (Å²) in [6.45, 7) is 4.27. The minimum absolute atomic E-state index is 0.0462. The van der Waals surface area contributed by atoms with E-state index in [1.54, 1.807) is 12.1 Å². The second kappa shape index (κ2) is 9.52. The number of ether oxygens (including phenoxy) is 1. The van der Waals surface area contributed by atoms with E-state index in [1.807, 2.05) is 44.2 Å². The van der Waals surface area contributed by atoms with E-state index in [9.17, 15) is 14.4 Å². The highest BCUT2D eigenvalue weighted by molar-refractivity contribution is 5.99. The molecule has 0 aliphatic carbocycles. The number of fused-ring (bicyclic) bond motifs is 1. The zero-order valence-corrected chi connectivity index (χ0v) is 16.6. The highest BCUT2D eigenvalue weighted by Crippen LogP contribution is 2.19. The molecule has 0 saturated carbocycles. The highest BCUT2D eigenvalue weighted by atomic mass is 16.5. The van der Waals surface area contributed by atoms with Gasteiger partial charge in [0, 0.05) is 5.39 Å². The Kier molecular flexibility index (Phi) is 6.82. The normalized spacial score (nSPS) is 18.3. The van der Waals surface area contributed by atoms with E-state index in [-0.39, 0.29) is 24.1 Å². The van der Waals surface area contributed by atoms with Crippen LogP contribution in [0.15, 0.2) is 46.9 Å². The summed E-state index contributed by atoms with van der Waals surface area (Å²) in [7, 11) is 0. The van der Waals surface area contributed by atoms with Crippen LogP contribution in [0.25, 0.3) is 11.0 Å². The van der Waals surface area contributed by atoms with E-state index in [1.165, 1.54) is 0 Å². The Labute approximate surface area is 169 Å². The number of carbonyl (C=O) groups is 3. The average molecular weight is 398 g/mol. The second-order valence-corrected chi connectivity index (χ2v) is 7.55. The molecule has 154 valence electrons. The summed E-state index contributed by atoms with van der Waals surface area (Å²) in [4.78, 5) is 37.8. The molecule has 0 saturated heterocycles. The summed E-state index contributed by atoms with van der Waals surface area (Å²) in [6.07, 6.45) is 4.47. The summed E-state index contributed by atoms with van der Waals surface area (Å²) in [5.41, 5.74) is 0.606. The van der Waals surface area contributed by atoms with Crippen molar-refractivity contribution in [2.24, 2.45) is 5.92 Å². The van der Waals surface area contributed by atoms with E-state index in [0.717, 1.165) is 5.39 Å². The van der Waals surface area contributed by atoms with Crippen LogP contribution in [0.1, 0.15) is 37.2 Å². The van der Waals surface area contributed by atoms with Gasteiger partial charge in [0.2, 0.25) is 5.91 Å². The predicted molar refractivity (Wildman–Crippen MR) is 108 cm³/mol. The van der Waals surface area contributed by atoms with Crippen LogP contribution in [0.4, 0.5) is 0 Å². The molecule has 29 heavy (non-hydrogen) atoms. The van der Waals surface area contributed by atoms with Crippen molar-refractivity contribution in [2.45, 2.75) is 38.8 Å². The van der Waals surface area contributed by atoms with Gasteiger partial charge < -0.3 is 19.8 Å². The fraction of sp³-hybridized carbons (Fsp3) is 0.409. The van der Waals surface area contributed by atoms with Crippen LogP contribution in [0, 0.1) is 5.92 Å². The first kappa shape index (κ1) is 20.8. The average Bonchev–Trinajstić information content (AvgIpc) is 3.11. The van der Waals surface area contributed by atoms with E-state index in [2.05, 4.69) is 10.6 Å². The Hall–Kier alpha value is -2.93. The maximum absolute atomic E-state index is 12.9. The molecule has 1 aliphatic rings. The van der Waals surface area contributed by atoms with Gasteiger partial charge in [-0.3, -0.25) is 14.4 Å². The number of furan rings is 1. The molecule has 0 unspecified atom stereocenters. The maximum atomic E-state index is 12.9. The summed E-state index contributed by atoms with van der Waals surface area (Å²) < 4.78 is 10.8. The van der Waals surface area contributed by atoms with Gasteiger partial charge in [-0.15, -0.1) is 0 Å². The van der Waals surface area contributed by atoms with Gasteiger partial charge in [0.1, 0.15) is 18.2 Å². The Bertz CT molecular complexity index is 882. The van der Waals surface area contributed by atoms with E-state index in [0.29, 0.717) is 25.0 Å². The first-order chi connectivity index (χ1) is 13.9. The first-order valence-electron chi connectivity index (χ1n) is 9.79. The zero-order chi connectivity index (χ0) is 20.8. The molecule has 2 aromatic rings. The Morgan fingerprint density at radius 2 is 2.00 bits per heavy atom.